The number of benzene rings is 1. The van der Waals surface area contributed by atoms with Crippen molar-refractivity contribution in [2.45, 2.75) is 45.7 Å². The second-order valence-corrected chi connectivity index (χ2v) is 6.75. The number of hydrogen-bond donors (Lipinski definition) is 0. The van der Waals surface area contributed by atoms with Crippen LogP contribution in [0.3, 0.4) is 0 Å². The topological polar surface area (TPSA) is 58.7 Å². The molecule has 0 aliphatic carbocycles. The molecule has 0 saturated heterocycles. The number of nitrogens with zero attached hydrogens (tertiary/aromatic N) is 3. The molecule has 1 atom stereocenters. The Hall–Kier alpha value is -1.88. The SMILES string of the molecule is CCCCN1C(Cl)=NC(C(C)C)=CC1(Cc1ccccc1)[N+](=O)[O-]. The van der Waals surface area contributed by atoms with Gasteiger partial charge >= 0.3 is 5.66 Å². The highest BCUT2D eigenvalue weighted by Crippen LogP contribution is 2.33. The lowest BCUT2D eigenvalue weighted by Crippen LogP contribution is -2.58. The zero-order chi connectivity index (χ0) is 17.7. The van der Waals surface area contributed by atoms with Gasteiger partial charge in [-0.1, -0.05) is 57.5 Å². The van der Waals surface area contributed by atoms with E-state index in [4.69, 9.17) is 11.6 Å². The number of amidine groups is 1. The van der Waals surface area contributed by atoms with Gasteiger partial charge in [0, 0.05) is 12.6 Å². The van der Waals surface area contributed by atoms with Crippen molar-refractivity contribution in [2.75, 3.05) is 6.54 Å². The minimum atomic E-state index is -1.39. The van der Waals surface area contributed by atoms with E-state index in [2.05, 4.69) is 11.9 Å². The molecule has 0 saturated carbocycles. The first-order valence-corrected chi connectivity index (χ1v) is 8.71. The predicted octanol–water partition coefficient (Wildman–Crippen LogP) is 4.45. The first-order valence-electron chi connectivity index (χ1n) is 8.33. The number of allylic oxidation sites excluding steroid dienone is 1. The summed E-state index contributed by atoms with van der Waals surface area (Å²) in [5.74, 6) is 0.0715. The minimum Gasteiger partial charge on any atom is -0.278 e. The van der Waals surface area contributed by atoms with Crippen LogP contribution in [0.4, 0.5) is 0 Å². The highest BCUT2D eigenvalue weighted by atomic mass is 35.5. The molecule has 0 amide bonds. The summed E-state index contributed by atoms with van der Waals surface area (Å²) in [6.45, 7) is 6.49. The third-order valence-electron chi connectivity index (χ3n) is 4.24. The molecule has 0 spiro atoms. The molecule has 0 fully saturated rings. The predicted molar refractivity (Wildman–Crippen MR) is 97.7 cm³/mol. The van der Waals surface area contributed by atoms with Crippen LogP contribution in [0.5, 0.6) is 0 Å². The second-order valence-electron chi connectivity index (χ2n) is 6.41. The van der Waals surface area contributed by atoms with E-state index in [-0.39, 0.29) is 22.6 Å². The van der Waals surface area contributed by atoms with E-state index < -0.39 is 5.66 Å². The molecule has 1 aliphatic heterocycles. The quantitative estimate of drug-likeness (QED) is 0.415. The van der Waals surface area contributed by atoms with Gasteiger partial charge in [-0.15, -0.1) is 0 Å². The van der Waals surface area contributed by atoms with Crippen LogP contribution in [0.2, 0.25) is 0 Å². The Morgan fingerprint density at radius 1 is 1.33 bits per heavy atom. The van der Waals surface area contributed by atoms with Gasteiger partial charge in [0.25, 0.3) is 0 Å². The maximum atomic E-state index is 12.2. The van der Waals surface area contributed by atoms with Crippen molar-refractivity contribution in [1.29, 1.82) is 0 Å². The average Bonchev–Trinajstić information content (AvgIpc) is 2.54. The summed E-state index contributed by atoms with van der Waals surface area (Å²) < 4.78 is 0. The molecule has 0 bridgehead atoms. The van der Waals surface area contributed by atoms with Gasteiger partial charge in [0.15, 0.2) is 0 Å². The Labute approximate surface area is 148 Å². The number of halogens is 1. The fraction of sp³-hybridized carbons (Fsp3) is 0.500. The zero-order valence-electron chi connectivity index (χ0n) is 14.4. The molecule has 0 radical (unpaired) electrons. The average molecular weight is 350 g/mol. The number of nitro groups is 1. The summed E-state index contributed by atoms with van der Waals surface area (Å²) in [5, 5.41) is 12.4. The van der Waals surface area contributed by atoms with Gasteiger partial charge in [-0.25, -0.2) is 4.99 Å². The van der Waals surface area contributed by atoms with E-state index in [1.54, 1.807) is 11.0 Å². The van der Waals surface area contributed by atoms with Crippen molar-refractivity contribution in [3.63, 3.8) is 0 Å². The fourth-order valence-electron chi connectivity index (χ4n) is 2.83. The number of rotatable bonds is 7. The highest BCUT2D eigenvalue weighted by Gasteiger charge is 2.50. The van der Waals surface area contributed by atoms with Crippen molar-refractivity contribution < 1.29 is 4.92 Å². The molecule has 2 rings (SSSR count). The van der Waals surface area contributed by atoms with Gasteiger partial charge in [-0.05, 0) is 29.5 Å². The van der Waals surface area contributed by atoms with Crippen LogP contribution in [0.1, 0.15) is 39.2 Å². The summed E-state index contributed by atoms with van der Waals surface area (Å²) in [6, 6.07) is 9.51. The molecule has 1 aliphatic rings. The van der Waals surface area contributed by atoms with Crippen molar-refractivity contribution in [2.24, 2.45) is 10.9 Å². The van der Waals surface area contributed by atoms with E-state index >= 15 is 0 Å². The lowest BCUT2D eigenvalue weighted by Gasteiger charge is -2.38. The Morgan fingerprint density at radius 2 is 2.00 bits per heavy atom. The summed E-state index contributed by atoms with van der Waals surface area (Å²) >= 11 is 6.38. The van der Waals surface area contributed by atoms with E-state index in [1.807, 2.05) is 44.2 Å². The summed E-state index contributed by atoms with van der Waals surface area (Å²) in [6.07, 6.45) is 3.69. The monoisotopic (exact) mass is 349 g/mol. The molecule has 1 aromatic rings. The van der Waals surface area contributed by atoms with Gasteiger partial charge in [0.2, 0.25) is 5.29 Å². The van der Waals surface area contributed by atoms with Crippen LogP contribution in [-0.2, 0) is 6.42 Å². The number of aliphatic imine (C=N–C) groups is 1. The standard InChI is InChI=1S/C18H24ClN3O2/c1-4-5-11-21-17(19)20-16(14(2)3)13-18(21,22(23)24)12-15-9-7-6-8-10-15/h6-10,13-14H,4-5,11-12H2,1-3H3. The smallest absolute Gasteiger partial charge is 0.278 e. The van der Waals surface area contributed by atoms with Gasteiger partial charge < -0.3 is 0 Å². The first kappa shape index (κ1) is 18.5. The molecular weight excluding hydrogens is 326 g/mol. The van der Waals surface area contributed by atoms with Crippen LogP contribution in [0.25, 0.3) is 0 Å². The van der Waals surface area contributed by atoms with E-state index in [0.29, 0.717) is 12.2 Å². The first-order chi connectivity index (χ1) is 11.4. The summed E-state index contributed by atoms with van der Waals surface area (Å²) in [7, 11) is 0. The summed E-state index contributed by atoms with van der Waals surface area (Å²) in [4.78, 5) is 18.0. The van der Waals surface area contributed by atoms with Crippen molar-refractivity contribution in [1.82, 2.24) is 4.90 Å². The van der Waals surface area contributed by atoms with E-state index in [9.17, 15) is 10.1 Å². The van der Waals surface area contributed by atoms with Crippen molar-refractivity contribution in [3.8, 4) is 0 Å². The largest absolute Gasteiger partial charge is 0.323 e. The minimum absolute atomic E-state index is 0.0715. The maximum absolute atomic E-state index is 12.2. The zero-order valence-corrected chi connectivity index (χ0v) is 15.2. The third kappa shape index (κ3) is 3.78. The second kappa shape index (κ2) is 7.79. The number of hydrogen-bond acceptors (Lipinski definition) is 4. The lowest BCUT2D eigenvalue weighted by atomic mass is 9.93. The lowest BCUT2D eigenvalue weighted by molar-refractivity contribution is -0.580. The third-order valence-corrected chi connectivity index (χ3v) is 4.53. The van der Waals surface area contributed by atoms with Crippen molar-refractivity contribution in [3.05, 3.63) is 57.8 Å². The molecular formula is C18H24ClN3O2. The van der Waals surface area contributed by atoms with Gasteiger partial charge in [-0.2, -0.15) is 0 Å². The molecule has 1 aromatic carbocycles. The molecule has 1 unspecified atom stereocenters. The molecule has 6 heteroatoms. The summed E-state index contributed by atoms with van der Waals surface area (Å²) in [5.41, 5.74) is 0.177. The molecule has 0 N–H and O–H groups in total. The fourth-order valence-corrected chi connectivity index (χ4v) is 3.16. The maximum Gasteiger partial charge on any atom is 0.323 e. The molecule has 1 heterocycles. The van der Waals surface area contributed by atoms with Gasteiger partial charge in [0.05, 0.1) is 17.0 Å². The molecule has 130 valence electrons. The molecule has 0 aromatic heterocycles. The number of unbranched alkanes of at least 4 members (excludes halogenated alkanes) is 1. The molecule has 24 heavy (non-hydrogen) atoms. The van der Waals surface area contributed by atoms with Crippen LogP contribution < -0.4 is 0 Å². The van der Waals surface area contributed by atoms with Crippen LogP contribution >= 0.6 is 11.6 Å². The van der Waals surface area contributed by atoms with Crippen LogP contribution in [-0.4, -0.2) is 27.3 Å². The van der Waals surface area contributed by atoms with Crippen LogP contribution in [0, 0.1) is 16.0 Å². The normalized spacial score (nSPS) is 20.8. The Morgan fingerprint density at radius 3 is 2.54 bits per heavy atom. The van der Waals surface area contributed by atoms with Gasteiger partial charge in [-0.3, -0.25) is 15.0 Å². The van der Waals surface area contributed by atoms with Gasteiger partial charge in [0.1, 0.15) is 0 Å². The Bertz CT molecular complexity index is 643. The highest BCUT2D eigenvalue weighted by molar-refractivity contribution is 6.64. The van der Waals surface area contributed by atoms with Crippen LogP contribution in [0.15, 0.2) is 47.1 Å². The van der Waals surface area contributed by atoms with E-state index in [0.717, 1.165) is 18.4 Å². The van der Waals surface area contributed by atoms with E-state index in [1.165, 1.54) is 0 Å². The molecule has 5 nitrogen and oxygen atoms in total. The Balaban J connectivity index is 2.52. The Kier molecular flexibility index (Phi) is 5.99. The van der Waals surface area contributed by atoms with Crippen molar-refractivity contribution >= 4 is 16.9 Å².